The van der Waals surface area contributed by atoms with Gasteiger partial charge in [0.2, 0.25) is 0 Å². The molecule has 0 saturated heterocycles. The second-order valence-electron chi connectivity index (χ2n) is 6.51. The highest BCUT2D eigenvalue weighted by Gasteiger charge is 2.30. The van der Waals surface area contributed by atoms with Crippen LogP contribution >= 0.6 is 0 Å². The van der Waals surface area contributed by atoms with Crippen LogP contribution in [0.2, 0.25) is 0 Å². The highest BCUT2D eigenvalue weighted by atomic mass is 19.4. The van der Waals surface area contributed by atoms with E-state index in [0.717, 1.165) is 28.5 Å². The van der Waals surface area contributed by atoms with Gasteiger partial charge in [0.1, 0.15) is 0 Å². The number of amidine groups is 1. The smallest absolute Gasteiger partial charge is 0.344 e. The molecule has 0 aromatic heterocycles. The minimum Gasteiger partial charge on any atom is -0.344 e. The van der Waals surface area contributed by atoms with Gasteiger partial charge in [-0.1, -0.05) is 36.4 Å². The third kappa shape index (κ3) is 4.69. The maximum atomic E-state index is 12.8. The van der Waals surface area contributed by atoms with E-state index in [4.69, 9.17) is 10.9 Å². The molecule has 0 spiro atoms. The number of halogens is 3. The first-order chi connectivity index (χ1) is 13.7. The molecule has 1 atom stereocenters. The third-order valence-corrected chi connectivity index (χ3v) is 4.54. The lowest BCUT2D eigenvalue weighted by atomic mass is 9.96. The van der Waals surface area contributed by atoms with Gasteiger partial charge in [0, 0.05) is 5.56 Å². The molecule has 0 aliphatic heterocycles. The SMILES string of the molecule is CC(NC(=O)c1ccc2c(-c3ccc(C(F)(F)F)cc3)cccc2c1)C(=N)N=N.N. The Morgan fingerprint density at radius 3 is 2.33 bits per heavy atom. The molecule has 0 radical (unpaired) electrons. The maximum Gasteiger partial charge on any atom is 0.416 e. The molecule has 0 saturated carbocycles. The van der Waals surface area contributed by atoms with Crippen LogP contribution in [0, 0.1) is 10.9 Å². The number of benzene rings is 3. The fourth-order valence-corrected chi connectivity index (χ4v) is 2.96. The number of alkyl halides is 3. The Morgan fingerprint density at radius 1 is 1.07 bits per heavy atom. The predicted molar refractivity (Wildman–Crippen MR) is 109 cm³/mol. The Hall–Kier alpha value is -3.59. The highest BCUT2D eigenvalue weighted by molar-refractivity contribution is 6.03. The van der Waals surface area contributed by atoms with Crippen molar-refractivity contribution in [3.05, 3.63) is 71.8 Å². The maximum absolute atomic E-state index is 12.8. The Morgan fingerprint density at radius 2 is 1.73 bits per heavy atom. The van der Waals surface area contributed by atoms with Crippen molar-refractivity contribution >= 4 is 22.5 Å². The topological polar surface area (TPSA) is 124 Å². The molecule has 3 rings (SSSR count). The molecule has 30 heavy (non-hydrogen) atoms. The molecule has 6 nitrogen and oxygen atoms in total. The van der Waals surface area contributed by atoms with Gasteiger partial charge in [-0.25, -0.2) is 5.53 Å². The van der Waals surface area contributed by atoms with E-state index in [2.05, 4.69) is 10.4 Å². The fourth-order valence-electron chi connectivity index (χ4n) is 2.96. The Balaban J connectivity index is 0.00000320. The summed E-state index contributed by atoms with van der Waals surface area (Å²) in [6.07, 6.45) is -4.39. The number of nitrogens with one attached hydrogen (secondary N) is 3. The number of carbonyl (C=O) groups excluding carboxylic acids is 1. The third-order valence-electron chi connectivity index (χ3n) is 4.54. The zero-order valence-corrected chi connectivity index (χ0v) is 16.0. The summed E-state index contributed by atoms with van der Waals surface area (Å²) in [5, 5.41) is 14.6. The Labute approximate surface area is 170 Å². The summed E-state index contributed by atoms with van der Waals surface area (Å²) in [6.45, 7) is 1.56. The predicted octanol–water partition coefficient (Wildman–Crippen LogP) is 5.81. The molecule has 3 aromatic rings. The largest absolute Gasteiger partial charge is 0.416 e. The Bertz CT molecular complexity index is 1090. The summed E-state index contributed by atoms with van der Waals surface area (Å²) in [6, 6.07) is 14.7. The molecule has 0 heterocycles. The van der Waals surface area contributed by atoms with Gasteiger partial charge in [0.05, 0.1) is 11.6 Å². The van der Waals surface area contributed by atoms with Crippen LogP contribution in [-0.2, 0) is 6.18 Å². The van der Waals surface area contributed by atoms with Crippen molar-refractivity contribution in [2.45, 2.75) is 19.1 Å². The number of amides is 1. The van der Waals surface area contributed by atoms with Gasteiger partial charge < -0.3 is 11.5 Å². The van der Waals surface area contributed by atoms with Crippen molar-refractivity contribution in [2.75, 3.05) is 0 Å². The van der Waals surface area contributed by atoms with Crippen LogP contribution in [0.15, 0.2) is 65.8 Å². The summed E-state index contributed by atoms with van der Waals surface area (Å²) >= 11 is 0. The number of hydrogen-bond acceptors (Lipinski definition) is 4. The van der Waals surface area contributed by atoms with Crippen molar-refractivity contribution in [3.8, 4) is 11.1 Å². The normalized spacial score (nSPS) is 12.0. The van der Waals surface area contributed by atoms with E-state index in [0.29, 0.717) is 11.1 Å². The molecule has 6 N–H and O–H groups in total. The summed E-state index contributed by atoms with van der Waals surface area (Å²) in [7, 11) is 0. The lowest BCUT2D eigenvalue weighted by molar-refractivity contribution is -0.137. The quantitative estimate of drug-likeness (QED) is 0.244. The number of fused-ring (bicyclic) bond motifs is 1. The first kappa shape index (κ1) is 22.7. The number of rotatable bonds is 4. The lowest BCUT2D eigenvalue weighted by Gasteiger charge is -2.13. The number of hydrogen-bond donors (Lipinski definition) is 4. The van der Waals surface area contributed by atoms with Crippen molar-refractivity contribution in [3.63, 3.8) is 0 Å². The molecular weight excluding hydrogens is 395 g/mol. The summed E-state index contributed by atoms with van der Waals surface area (Å²) in [4.78, 5) is 12.4. The average molecular weight is 415 g/mol. The number of carbonyl (C=O) groups is 1. The van der Waals surface area contributed by atoms with Crippen molar-refractivity contribution < 1.29 is 18.0 Å². The number of nitrogens with zero attached hydrogens (tertiary/aromatic N) is 1. The molecule has 0 aliphatic carbocycles. The van der Waals surface area contributed by atoms with Gasteiger partial charge >= 0.3 is 6.18 Å². The van der Waals surface area contributed by atoms with Gasteiger partial charge in [-0.15, -0.1) is 5.11 Å². The molecule has 1 amide bonds. The highest BCUT2D eigenvalue weighted by Crippen LogP contribution is 2.33. The van der Waals surface area contributed by atoms with Crippen molar-refractivity contribution in [2.24, 2.45) is 5.11 Å². The second-order valence-corrected chi connectivity index (χ2v) is 6.51. The van der Waals surface area contributed by atoms with Crippen LogP contribution in [0.3, 0.4) is 0 Å². The van der Waals surface area contributed by atoms with Gasteiger partial charge in [-0.05, 0) is 53.1 Å². The average Bonchev–Trinajstić information content (AvgIpc) is 2.71. The van der Waals surface area contributed by atoms with E-state index in [1.54, 1.807) is 31.2 Å². The Kier molecular flexibility index (Phi) is 6.68. The molecule has 156 valence electrons. The van der Waals surface area contributed by atoms with E-state index in [9.17, 15) is 18.0 Å². The first-order valence-corrected chi connectivity index (χ1v) is 8.68. The van der Waals surface area contributed by atoms with Gasteiger partial charge in [0.25, 0.3) is 5.91 Å². The molecule has 0 bridgehead atoms. The van der Waals surface area contributed by atoms with Gasteiger partial charge in [0.15, 0.2) is 5.84 Å². The lowest BCUT2D eigenvalue weighted by Crippen LogP contribution is -2.37. The van der Waals surface area contributed by atoms with Crippen LogP contribution in [0.25, 0.3) is 21.9 Å². The molecular formula is C21H20F3N5O. The van der Waals surface area contributed by atoms with E-state index >= 15 is 0 Å². The van der Waals surface area contributed by atoms with E-state index in [1.807, 2.05) is 12.1 Å². The van der Waals surface area contributed by atoms with Gasteiger partial charge in [-0.3, -0.25) is 10.2 Å². The van der Waals surface area contributed by atoms with Crippen molar-refractivity contribution in [1.29, 1.82) is 10.9 Å². The van der Waals surface area contributed by atoms with Crippen LogP contribution in [0.4, 0.5) is 13.2 Å². The minimum absolute atomic E-state index is 0. The van der Waals surface area contributed by atoms with Crippen LogP contribution in [0.5, 0.6) is 0 Å². The monoisotopic (exact) mass is 415 g/mol. The molecule has 9 heteroatoms. The zero-order valence-electron chi connectivity index (χ0n) is 16.0. The summed E-state index contributed by atoms with van der Waals surface area (Å²) < 4.78 is 38.4. The molecule has 3 aromatic carbocycles. The fraction of sp³-hybridized carbons (Fsp3) is 0.143. The standard InChI is InChI=1S/C21H17F3N4O.H3N/c1-12(19(25)28-26)27-20(29)15-7-10-18-14(11-15)3-2-4-17(18)13-5-8-16(9-6-13)21(22,23)24;/h2-12,25-26H,1H3,(H,27,29);1H3. The van der Waals surface area contributed by atoms with Crippen molar-refractivity contribution in [1.82, 2.24) is 11.5 Å². The summed E-state index contributed by atoms with van der Waals surface area (Å²) in [5.74, 6) is -0.670. The van der Waals surface area contributed by atoms with Crippen LogP contribution < -0.4 is 11.5 Å². The van der Waals surface area contributed by atoms with Crippen LogP contribution in [-0.4, -0.2) is 17.8 Å². The summed E-state index contributed by atoms with van der Waals surface area (Å²) in [5.41, 5.74) is 7.89. The molecule has 0 aliphatic rings. The minimum atomic E-state index is -4.39. The van der Waals surface area contributed by atoms with E-state index in [-0.39, 0.29) is 12.0 Å². The van der Waals surface area contributed by atoms with E-state index in [1.165, 1.54) is 12.1 Å². The van der Waals surface area contributed by atoms with E-state index < -0.39 is 23.7 Å². The van der Waals surface area contributed by atoms with Gasteiger partial charge in [-0.2, -0.15) is 13.2 Å². The zero-order chi connectivity index (χ0) is 21.2. The second kappa shape index (κ2) is 8.83. The molecule has 1 unspecified atom stereocenters. The first-order valence-electron chi connectivity index (χ1n) is 8.68. The van der Waals surface area contributed by atoms with Crippen LogP contribution in [0.1, 0.15) is 22.8 Å². The molecule has 0 fully saturated rings.